The minimum atomic E-state index is 0.213. The summed E-state index contributed by atoms with van der Waals surface area (Å²) in [5.41, 5.74) is 0. The van der Waals surface area contributed by atoms with Gasteiger partial charge in [-0.15, -0.1) is 0 Å². The molecule has 0 radical (unpaired) electrons. The first-order chi connectivity index (χ1) is 5.91. The zero-order valence-electron chi connectivity index (χ0n) is 7.37. The van der Waals surface area contributed by atoms with Crippen molar-refractivity contribution in [3.8, 4) is 0 Å². The Balaban J connectivity index is 0.000000211. The highest BCUT2D eigenvalue weighted by atomic mass is 32.2. The molecule has 1 aliphatic heterocycles. The fraction of sp³-hybridized carbons (Fsp3) is 1.00. The molecule has 2 nitrogen and oxygen atoms in total. The summed E-state index contributed by atoms with van der Waals surface area (Å²) >= 11 is 3.63. The van der Waals surface area contributed by atoms with Crippen molar-refractivity contribution >= 4 is 23.5 Å². The van der Waals surface area contributed by atoms with E-state index in [1.165, 1.54) is 24.3 Å². The van der Waals surface area contributed by atoms with Crippen LogP contribution in [0, 0.1) is 0 Å². The Bertz CT molecular complexity index is 65.8. The van der Waals surface area contributed by atoms with Gasteiger partial charge in [-0.1, -0.05) is 0 Å². The molecule has 0 saturated carbocycles. The molecule has 1 saturated heterocycles. The molecule has 1 rings (SSSR count). The van der Waals surface area contributed by atoms with Crippen molar-refractivity contribution in [3.63, 3.8) is 0 Å². The number of hydrogen-bond acceptors (Lipinski definition) is 4. The third-order valence-electron chi connectivity index (χ3n) is 1.30. The number of rotatable bonds is 4. The molecule has 1 fully saturated rings. The summed E-state index contributed by atoms with van der Waals surface area (Å²) in [6.07, 6.45) is 2.93. The zero-order chi connectivity index (χ0) is 9.07. The third-order valence-corrected chi connectivity index (χ3v) is 3.40. The van der Waals surface area contributed by atoms with Gasteiger partial charge in [0.05, 0.1) is 13.2 Å². The number of hydrogen-bond donors (Lipinski definition) is 2. The second kappa shape index (κ2) is 11.6. The standard InChI is InChI=1S/C4H10O2S.C4H8S/c5-1-3-7-4-2-6;1-2-4-5-3-1/h5-6H,1-4H2;1-4H2. The van der Waals surface area contributed by atoms with Crippen LogP contribution in [0.4, 0.5) is 0 Å². The van der Waals surface area contributed by atoms with Crippen molar-refractivity contribution in [2.75, 3.05) is 36.2 Å². The van der Waals surface area contributed by atoms with E-state index in [4.69, 9.17) is 10.2 Å². The molecule has 0 aromatic carbocycles. The minimum Gasteiger partial charge on any atom is -0.396 e. The second-order valence-corrected chi connectivity index (χ2v) is 4.83. The predicted molar refractivity (Wildman–Crippen MR) is 58.1 cm³/mol. The van der Waals surface area contributed by atoms with E-state index in [1.807, 2.05) is 0 Å². The van der Waals surface area contributed by atoms with Gasteiger partial charge in [-0.3, -0.25) is 0 Å². The molecule has 4 heteroatoms. The van der Waals surface area contributed by atoms with E-state index in [0.717, 1.165) is 11.5 Å². The molecule has 0 spiro atoms. The number of thioether (sulfide) groups is 2. The summed E-state index contributed by atoms with van der Waals surface area (Å²) in [7, 11) is 0. The first kappa shape index (κ1) is 12.6. The lowest BCUT2D eigenvalue weighted by molar-refractivity contribution is 0.318. The van der Waals surface area contributed by atoms with Crippen LogP contribution in [0.25, 0.3) is 0 Å². The van der Waals surface area contributed by atoms with E-state index in [1.54, 1.807) is 11.8 Å². The maximum absolute atomic E-state index is 8.19. The summed E-state index contributed by atoms with van der Waals surface area (Å²) in [5.74, 6) is 4.31. The Morgan fingerprint density at radius 1 is 1.00 bits per heavy atom. The van der Waals surface area contributed by atoms with Gasteiger partial charge in [0.2, 0.25) is 0 Å². The Morgan fingerprint density at radius 3 is 1.75 bits per heavy atom. The van der Waals surface area contributed by atoms with Crippen molar-refractivity contribution in [2.24, 2.45) is 0 Å². The molecule has 0 amide bonds. The van der Waals surface area contributed by atoms with Crippen LogP contribution in [0.1, 0.15) is 12.8 Å². The van der Waals surface area contributed by atoms with E-state index in [0.29, 0.717) is 0 Å². The van der Waals surface area contributed by atoms with Crippen LogP contribution in [0.3, 0.4) is 0 Å². The van der Waals surface area contributed by atoms with E-state index in [-0.39, 0.29) is 13.2 Å². The lowest BCUT2D eigenvalue weighted by Crippen LogP contribution is -1.91. The van der Waals surface area contributed by atoms with Gasteiger partial charge in [0, 0.05) is 11.5 Å². The molecule has 1 aliphatic rings. The molecule has 74 valence electrons. The molecule has 0 bridgehead atoms. The predicted octanol–water partition coefficient (Wildman–Crippen LogP) is 1.22. The van der Waals surface area contributed by atoms with E-state index in [2.05, 4.69) is 11.8 Å². The third kappa shape index (κ3) is 10.6. The Morgan fingerprint density at radius 2 is 1.50 bits per heavy atom. The monoisotopic (exact) mass is 210 g/mol. The van der Waals surface area contributed by atoms with Gasteiger partial charge >= 0.3 is 0 Å². The molecule has 1 heterocycles. The highest BCUT2D eigenvalue weighted by Gasteiger charge is 1.95. The first-order valence-corrected chi connectivity index (χ1v) is 6.60. The van der Waals surface area contributed by atoms with Crippen LogP contribution in [-0.4, -0.2) is 46.4 Å². The van der Waals surface area contributed by atoms with Crippen molar-refractivity contribution in [2.45, 2.75) is 12.8 Å². The minimum absolute atomic E-state index is 0.213. The van der Waals surface area contributed by atoms with E-state index in [9.17, 15) is 0 Å². The Labute approximate surface area is 83.1 Å². The summed E-state index contributed by atoms with van der Waals surface area (Å²) in [6, 6.07) is 0. The van der Waals surface area contributed by atoms with Crippen molar-refractivity contribution < 1.29 is 10.2 Å². The highest BCUT2D eigenvalue weighted by Crippen LogP contribution is 2.14. The van der Waals surface area contributed by atoms with E-state index < -0.39 is 0 Å². The molecule has 12 heavy (non-hydrogen) atoms. The molecule has 0 atom stereocenters. The van der Waals surface area contributed by atoms with Crippen LogP contribution in [0.2, 0.25) is 0 Å². The van der Waals surface area contributed by atoms with Gasteiger partial charge in [-0.25, -0.2) is 0 Å². The van der Waals surface area contributed by atoms with Crippen molar-refractivity contribution in [1.82, 2.24) is 0 Å². The van der Waals surface area contributed by atoms with Gasteiger partial charge < -0.3 is 10.2 Å². The fourth-order valence-corrected chi connectivity index (χ4v) is 2.22. The Kier molecular flexibility index (Phi) is 12.2. The topological polar surface area (TPSA) is 40.5 Å². The van der Waals surface area contributed by atoms with Gasteiger partial charge in [0.1, 0.15) is 0 Å². The number of aliphatic hydroxyl groups is 2. The first-order valence-electron chi connectivity index (χ1n) is 4.29. The maximum atomic E-state index is 8.19. The van der Waals surface area contributed by atoms with Crippen molar-refractivity contribution in [3.05, 3.63) is 0 Å². The van der Waals surface area contributed by atoms with Crippen LogP contribution in [0.15, 0.2) is 0 Å². The van der Waals surface area contributed by atoms with E-state index >= 15 is 0 Å². The largest absolute Gasteiger partial charge is 0.396 e. The smallest absolute Gasteiger partial charge is 0.0521 e. The van der Waals surface area contributed by atoms with Gasteiger partial charge in [0.15, 0.2) is 0 Å². The molecular weight excluding hydrogens is 192 g/mol. The molecule has 0 aromatic rings. The molecule has 0 aromatic heterocycles. The second-order valence-electron chi connectivity index (χ2n) is 2.38. The summed E-state index contributed by atoms with van der Waals surface area (Å²) in [6.45, 7) is 0.426. The van der Waals surface area contributed by atoms with Gasteiger partial charge in [-0.05, 0) is 24.3 Å². The number of aliphatic hydroxyl groups excluding tert-OH is 2. The van der Waals surface area contributed by atoms with Gasteiger partial charge in [0.25, 0.3) is 0 Å². The molecule has 0 unspecified atom stereocenters. The lowest BCUT2D eigenvalue weighted by Gasteiger charge is -1.90. The van der Waals surface area contributed by atoms with Crippen LogP contribution in [0.5, 0.6) is 0 Å². The molecular formula is C8H18O2S2. The van der Waals surface area contributed by atoms with Crippen LogP contribution in [-0.2, 0) is 0 Å². The average Bonchev–Trinajstić information content (AvgIpc) is 2.62. The highest BCUT2D eigenvalue weighted by molar-refractivity contribution is 7.99. The van der Waals surface area contributed by atoms with Crippen molar-refractivity contribution in [1.29, 1.82) is 0 Å². The van der Waals surface area contributed by atoms with Gasteiger partial charge in [-0.2, -0.15) is 23.5 Å². The van der Waals surface area contributed by atoms with Crippen LogP contribution >= 0.6 is 23.5 Å². The SMILES string of the molecule is C1CCSC1.OCCSCCO. The fourth-order valence-electron chi connectivity index (χ4n) is 0.741. The summed E-state index contributed by atoms with van der Waals surface area (Å²) in [4.78, 5) is 0. The molecule has 0 aliphatic carbocycles. The maximum Gasteiger partial charge on any atom is 0.0521 e. The lowest BCUT2D eigenvalue weighted by atomic mass is 10.4. The quantitative estimate of drug-likeness (QED) is 0.685. The normalized spacial score (nSPS) is 15.5. The Hall–Kier alpha value is 0.620. The zero-order valence-corrected chi connectivity index (χ0v) is 9.00. The summed E-state index contributed by atoms with van der Waals surface area (Å²) < 4.78 is 0. The molecule has 2 N–H and O–H groups in total. The average molecular weight is 210 g/mol. The summed E-state index contributed by atoms with van der Waals surface area (Å²) in [5, 5.41) is 16.4. The van der Waals surface area contributed by atoms with Crippen LogP contribution < -0.4 is 0 Å².